The van der Waals surface area contributed by atoms with E-state index in [-0.39, 0.29) is 23.7 Å². The van der Waals surface area contributed by atoms with Gasteiger partial charge >= 0.3 is 11.9 Å². The maximum Gasteiger partial charge on any atom is 0.339 e. The molecule has 2 heterocycles. The van der Waals surface area contributed by atoms with Gasteiger partial charge in [-0.1, -0.05) is 0 Å². The molecule has 1 aliphatic heterocycles. The van der Waals surface area contributed by atoms with Crippen LogP contribution in [0.3, 0.4) is 0 Å². The number of carbonyl (C=O) groups is 3. The van der Waals surface area contributed by atoms with Gasteiger partial charge in [0.2, 0.25) is 0 Å². The van der Waals surface area contributed by atoms with Crippen LogP contribution < -0.4 is 0 Å². The summed E-state index contributed by atoms with van der Waals surface area (Å²) in [5.74, 6) is -0.787. The number of ketones is 1. The van der Waals surface area contributed by atoms with Crippen LogP contribution in [-0.2, 0) is 14.3 Å². The summed E-state index contributed by atoms with van der Waals surface area (Å²) in [6.07, 6.45) is 1.36. The van der Waals surface area contributed by atoms with Crippen LogP contribution in [0.25, 0.3) is 0 Å². The quantitative estimate of drug-likeness (QED) is 0.644. The smallest absolute Gasteiger partial charge is 0.339 e. The number of aromatic nitrogens is 1. The summed E-state index contributed by atoms with van der Waals surface area (Å²) in [4.78, 5) is 41.5. The van der Waals surface area contributed by atoms with E-state index in [1.54, 1.807) is 13.8 Å². The summed E-state index contributed by atoms with van der Waals surface area (Å²) in [5, 5.41) is 0. The number of rotatable bonds is 5. The van der Waals surface area contributed by atoms with Crippen molar-refractivity contribution in [3.05, 3.63) is 22.5 Å². The molecule has 0 spiro atoms. The molecule has 7 heteroatoms. The number of hydrogen-bond acceptors (Lipinski definition) is 6. The Morgan fingerprint density at radius 2 is 1.72 bits per heavy atom. The van der Waals surface area contributed by atoms with Crippen LogP contribution >= 0.6 is 0 Å². The first-order valence-electron chi connectivity index (χ1n) is 8.45. The van der Waals surface area contributed by atoms with Gasteiger partial charge in [0.05, 0.1) is 37.4 Å². The zero-order valence-corrected chi connectivity index (χ0v) is 15.5. The number of piperidine rings is 1. The Bertz CT molecular complexity index is 671. The number of esters is 2. The highest BCUT2D eigenvalue weighted by molar-refractivity contribution is 6.03. The number of hydrogen-bond donors (Lipinski definition) is 1. The Kier molecular flexibility index (Phi) is 6.00. The third kappa shape index (κ3) is 3.76. The van der Waals surface area contributed by atoms with E-state index in [4.69, 9.17) is 9.47 Å². The van der Waals surface area contributed by atoms with Gasteiger partial charge in [-0.2, -0.15) is 0 Å². The normalized spacial score (nSPS) is 17.2. The SMILES string of the molecule is COC(=O)c1c(C)[nH]c(C(=O)[C@H](C)N2CCC(C(=O)OC)CC2)c1C. The predicted octanol–water partition coefficient (Wildman–Crippen LogP) is 1.87. The third-order valence-corrected chi connectivity index (χ3v) is 5.06. The molecule has 0 bridgehead atoms. The molecule has 0 amide bonds. The van der Waals surface area contributed by atoms with Crippen LogP contribution in [0.4, 0.5) is 0 Å². The summed E-state index contributed by atoms with van der Waals surface area (Å²) in [6, 6.07) is -0.333. The summed E-state index contributed by atoms with van der Waals surface area (Å²) < 4.78 is 9.58. The molecule has 1 aromatic heterocycles. The molecule has 25 heavy (non-hydrogen) atoms. The molecular formula is C18H26N2O5. The van der Waals surface area contributed by atoms with E-state index >= 15 is 0 Å². The molecule has 0 radical (unpaired) electrons. The zero-order chi connectivity index (χ0) is 18.7. The highest BCUT2D eigenvalue weighted by Crippen LogP contribution is 2.24. The van der Waals surface area contributed by atoms with Crippen molar-refractivity contribution in [2.24, 2.45) is 5.92 Å². The van der Waals surface area contributed by atoms with Crippen LogP contribution in [0.2, 0.25) is 0 Å². The molecule has 7 nitrogen and oxygen atoms in total. The molecule has 1 fully saturated rings. The van der Waals surface area contributed by atoms with Gasteiger partial charge in [0.15, 0.2) is 5.78 Å². The minimum absolute atomic E-state index is 0.0627. The molecule has 0 aromatic carbocycles. The number of nitrogens with one attached hydrogen (secondary N) is 1. The molecule has 2 rings (SSSR count). The second-order valence-electron chi connectivity index (χ2n) is 6.49. The lowest BCUT2D eigenvalue weighted by atomic mass is 9.94. The van der Waals surface area contributed by atoms with Crippen LogP contribution in [0.15, 0.2) is 0 Å². The summed E-state index contributed by atoms with van der Waals surface area (Å²) in [6.45, 7) is 6.68. The number of H-pyrrole nitrogens is 1. The molecule has 0 unspecified atom stereocenters. The number of carbonyl (C=O) groups excluding carboxylic acids is 3. The van der Waals surface area contributed by atoms with Crippen molar-refractivity contribution >= 4 is 17.7 Å². The maximum absolute atomic E-state index is 12.9. The number of nitrogens with zero attached hydrogens (tertiary/aromatic N) is 1. The molecule has 1 aliphatic rings. The van der Waals surface area contributed by atoms with Gasteiger partial charge in [0, 0.05) is 5.69 Å². The number of likely N-dealkylation sites (tertiary alicyclic amines) is 1. The molecule has 1 atom stereocenters. The Morgan fingerprint density at radius 3 is 2.24 bits per heavy atom. The van der Waals surface area contributed by atoms with Crippen molar-refractivity contribution in [2.45, 2.75) is 39.7 Å². The molecule has 0 saturated carbocycles. The summed E-state index contributed by atoms with van der Waals surface area (Å²) >= 11 is 0. The second kappa shape index (κ2) is 7.82. The summed E-state index contributed by atoms with van der Waals surface area (Å²) in [7, 11) is 2.72. The molecule has 1 aromatic rings. The predicted molar refractivity (Wildman–Crippen MR) is 91.7 cm³/mol. The van der Waals surface area contributed by atoms with Crippen LogP contribution in [0.5, 0.6) is 0 Å². The molecule has 138 valence electrons. The summed E-state index contributed by atoms with van der Waals surface area (Å²) in [5.41, 5.74) is 2.11. The van der Waals surface area contributed by atoms with Crippen molar-refractivity contribution in [3.8, 4) is 0 Å². The average Bonchev–Trinajstić information content (AvgIpc) is 2.93. The Labute approximate surface area is 147 Å². The van der Waals surface area contributed by atoms with Crippen LogP contribution in [-0.4, -0.2) is 61.0 Å². The lowest BCUT2D eigenvalue weighted by Crippen LogP contribution is -2.45. The third-order valence-electron chi connectivity index (χ3n) is 5.06. The van der Waals surface area contributed by atoms with Gasteiger partial charge in [0.1, 0.15) is 0 Å². The fourth-order valence-corrected chi connectivity index (χ4v) is 3.47. The van der Waals surface area contributed by atoms with Crippen molar-refractivity contribution in [1.29, 1.82) is 0 Å². The van der Waals surface area contributed by atoms with Gasteiger partial charge in [-0.3, -0.25) is 14.5 Å². The zero-order valence-electron chi connectivity index (χ0n) is 15.5. The largest absolute Gasteiger partial charge is 0.469 e. The van der Waals surface area contributed by atoms with E-state index in [0.29, 0.717) is 48.4 Å². The number of methoxy groups -OCH3 is 2. The van der Waals surface area contributed by atoms with E-state index < -0.39 is 5.97 Å². The molecule has 1 saturated heterocycles. The van der Waals surface area contributed by atoms with Crippen LogP contribution in [0.1, 0.15) is 51.9 Å². The van der Waals surface area contributed by atoms with Gasteiger partial charge in [0.25, 0.3) is 0 Å². The van der Waals surface area contributed by atoms with E-state index in [0.717, 1.165) is 0 Å². The van der Waals surface area contributed by atoms with Crippen molar-refractivity contribution < 1.29 is 23.9 Å². The lowest BCUT2D eigenvalue weighted by molar-refractivity contribution is -0.147. The minimum atomic E-state index is -0.447. The number of aromatic amines is 1. The number of Topliss-reactive ketones (excluding diaryl/α,β-unsaturated/α-hetero) is 1. The number of aryl methyl sites for hydroxylation is 1. The first-order chi connectivity index (χ1) is 11.8. The first-order valence-corrected chi connectivity index (χ1v) is 8.45. The van der Waals surface area contributed by atoms with Crippen LogP contribution in [0, 0.1) is 19.8 Å². The fourth-order valence-electron chi connectivity index (χ4n) is 3.47. The first kappa shape index (κ1) is 19.2. The monoisotopic (exact) mass is 350 g/mol. The van der Waals surface area contributed by atoms with E-state index in [2.05, 4.69) is 9.88 Å². The Balaban J connectivity index is 2.11. The highest BCUT2D eigenvalue weighted by Gasteiger charge is 2.32. The molecule has 1 N–H and O–H groups in total. The standard InChI is InChI=1S/C18H26N2O5/c1-10-14(18(23)25-5)11(2)19-15(10)16(21)12(3)20-8-6-13(7-9-20)17(22)24-4/h12-13,19H,6-9H2,1-5H3/t12-/m0/s1. The van der Waals surface area contributed by atoms with Gasteiger partial charge < -0.3 is 14.5 Å². The van der Waals surface area contributed by atoms with E-state index in [9.17, 15) is 14.4 Å². The fraction of sp³-hybridized carbons (Fsp3) is 0.611. The Morgan fingerprint density at radius 1 is 1.12 bits per heavy atom. The van der Waals surface area contributed by atoms with Crippen molar-refractivity contribution in [3.63, 3.8) is 0 Å². The van der Waals surface area contributed by atoms with Gasteiger partial charge in [-0.25, -0.2) is 4.79 Å². The van der Waals surface area contributed by atoms with Gasteiger partial charge in [-0.15, -0.1) is 0 Å². The highest BCUT2D eigenvalue weighted by atomic mass is 16.5. The van der Waals surface area contributed by atoms with E-state index in [1.165, 1.54) is 14.2 Å². The topological polar surface area (TPSA) is 88.7 Å². The lowest BCUT2D eigenvalue weighted by Gasteiger charge is -2.34. The minimum Gasteiger partial charge on any atom is -0.469 e. The van der Waals surface area contributed by atoms with Gasteiger partial charge in [-0.05, 0) is 52.3 Å². The van der Waals surface area contributed by atoms with E-state index in [1.807, 2.05) is 6.92 Å². The molecule has 0 aliphatic carbocycles. The maximum atomic E-state index is 12.9. The molecular weight excluding hydrogens is 324 g/mol. The Hall–Kier alpha value is -2.15. The second-order valence-corrected chi connectivity index (χ2v) is 6.49. The van der Waals surface area contributed by atoms with Crippen molar-refractivity contribution in [1.82, 2.24) is 9.88 Å². The average molecular weight is 350 g/mol. The number of ether oxygens (including phenoxy) is 2. The van der Waals surface area contributed by atoms with Crippen molar-refractivity contribution in [2.75, 3.05) is 27.3 Å².